The third-order valence-corrected chi connectivity index (χ3v) is 4.63. The molecule has 1 heterocycles. The van der Waals surface area contributed by atoms with E-state index in [0.29, 0.717) is 0 Å². The Balaban J connectivity index is 1.78. The summed E-state index contributed by atoms with van der Waals surface area (Å²) in [6.07, 6.45) is 0. The van der Waals surface area contributed by atoms with Gasteiger partial charge in [0.15, 0.2) is 0 Å². The van der Waals surface area contributed by atoms with Crippen LogP contribution in [0.3, 0.4) is 0 Å². The van der Waals surface area contributed by atoms with E-state index in [9.17, 15) is 0 Å². The Bertz CT molecular complexity index is 431. The summed E-state index contributed by atoms with van der Waals surface area (Å²) in [6.45, 7) is 12.8. The maximum absolute atomic E-state index is 5.74. The first kappa shape index (κ1) is 14.9. The van der Waals surface area contributed by atoms with Gasteiger partial charge in [0.1, 0.15) is 0 Å². The average molecular weight is 279 g/mol. The molecule has 0 bridgehead atoms. The van der Waals surface area contributed by atoms with Gasteiger partial charge in [0.2, 0.25) is 0 Å². The van der Waals surface area contributed by atoms with Crippen LogP contribution >= 0.6 is 11.8 Å². The van der Waals surface area contributed by atoms with E-state index in [1.807, 2.05) is 11.8 Å². The Kier molecular flexibility index (Phi) is 4.93. The number of benzene rings is 1. The van der Waals surface area contributed by atoms with Gasteiger partial charge in [-0.15, -0.1) is 11.8 Å². The van der Waals surface area contributed by atoms with E-state index in [0.717, 1.165) is 32.0 Å². The maximum Gasteiger partial charge on any atom is 0.0753 e. The standard InChI is InChI=1S/C16H25NOS/c1-13-5-6-15(11-14(13)2)19-10-8-17-7-9-18-16(3,4)12-17/h5-6,11H,7-10,12H2,1-4H3. The number of aryl methyl sites for hydroxylation is 2. The Morgan fingerprint density at radius 2 is 2.05 bits per heavy atom. The number of hydrogen-bond acceptors (Lipinski definition) is 3. The van der Waals surface area contributed by atoms with Crippen LogP contribution in [-0.2, 0) is 4.74 Å². The summed E-state index contributed by atoms with van der Waals surface area (Å²) in [5.74, 6) is 1.15. The fourth-order valence-corrected chi connectivity index (χ4v) is 3.41. The van der Waals surface area contributed by atoms with E-state index in [1.165, 1.54) is 16.0 Å². The van der Waals surface area contributed by atoms with E-state index in [1.54, 1.807) is 0 Å². The van der Waals surface area contributed by atoms with Crippen molar-refractivity contribution >= 4 is 11.8 Å². The van der Waals surface area contributed by atoms with Crippen molar-refractivity contribution in [2.45, 2.75) is 38.2 Å². The fraction of sp³-hybridized carbons (Fsp3) is 0.625. The van der Waals surface area contributed by atoms with Crippen molar-refractivity contribution < 1.29 is 4.74 Å². The Morgan fingerprint density at radius 1 is 1.26 bits per heavy atom. The predicted octanol–water partition coefficient (Wildman–Crippen LogP) is 3.51. The molecule has 2 nitrogen and oxygen atoms in total. The highest BCUT2D eigenvalue weighted by Crippen LogP contribution is 2.22. The van der Waals surface area contributed by atoms with Gasteiger partial charge in [0.05, 0.1) is 12.2 Å². The lowest BCUT2D eigenvalue weighted by Gasteiger charge is -2.38. The van der Waals surface area contributed by atoms with Crippen LogP contribution in [0, 0.1) is 13.8 Å². The van der Waals surface area contributed by atoms with Crippen LogP contribution in [0.15, 0.2) is 23.1 Å². The normalized spacial score (nSPS) is 19.6. The first-order valence-corrected chi connectivity index (χ1v) is 8.01. The van der Waals surface area contributed by atoms with Crippen LogP contribution < -0.4 is 0 Å². The lowest BCUT2D eigenvalue weighted by Crippen LogP contribution is -2.48. The Labute approximate surface area is 121 Å². The molecular formula is C16H25NOS. The third kappa shape index (κ3) is 4.51. The van der Waals surface area contributed by atoms with Crippen LogP contribution in [0.25, 0.3) is 0 Å². The minimum Gasteiger partial charge on any atom is -0.373 e. The van der Waals surface area contributed by atoms with Crippen molar-refractivity contribution in [1.82, 2.24) is 4.90 Å². The van der Waals surface area contributed by atoms with Crippen molar-refractivity contribution in [2.24, 2.45) is 0 Å². The van der Waals surface area contributed by atoms with Gasteiger partial charge in [0.25, 0.3) is 0 Å². The zero-order chi connectivity index (χ0) is 13.9. The first-order chi connectivity index (χ1) is 8.96. The lowest BCUT2D eigenvalue weighted by molar-refractivity contribution is -0.0842. The van der Waals surface area contributed by atoms with Gasteiger partial charge in [-0.25, -0.2) is 0 Å². The molecule has 1 fully saturated rings. The second-order valence-electron chi connectivity index (χ2n) is 5.98. The van der Waals surface area contributed by atoms with E-state index in [-0.39, 0.29) is 5.60 Å². The molecule has 106 valence electrons. The zero-order valence-electron chi connectivity index (χ0n) is 12.5. The number of nitrogens with zero attached hydrogens (tertiary/aromatic N) is 1. The smallest absolute Gasteiger partial charge is 0.0753 e. The molecule has 0 unspecified atom stereocenters. The van der Waals surface area contributed by atoms with E-state index >= 15 is 0 Å². The van der Waals surface area contributed by atoms with Gasteiger partial charge >= 0.3 is 0 Å². The van der Waals surface area contributed by atoms with Gasteiger partial charge in [-0.3, -0.25) is 4.90 Å². The van der Waals surface area contributed by atoms with E-state index in [4.69, 9.17) is 4.74 Å². The minimum absolute atomic E-state index is 0.0172. The summed E-state index contributed by atoms with van der Waals surface area (Å²) >= 11 is 1.95. The molecule has 0 amide bonds. The molecule has 0 atom stereocenters. The number of rotatable bonds is 4. The third-order valence-electron chi connectivity index (χ3n) is 3.66. The van der Waals surface area contributed by atoms with Crippen LogP contribution in [0.2, 0.25) is 0 Å². The van der Waals surface area contributed by atoms with Crippen molar-refractivity contribution in [3.63, 3.8) is 0 Å². The Hall–Kier alpha value is -0.510. The highest BCUT2D eigenvalue weighted by molar-refractivity contribution is 7.99. The molecule has 1 aliphatic rings. The Morgan fingerprint density at radius 3 is 2.74 bits per heavy atom. The largest absolute Gasteiger partial charge is 0.373 e. The molecule has 2 rings (SSSR count). The summed E-state index contributed by atoms with van der Waals surface area (Å²) < 4.78 is 5.74. The van der Waals surface area contributed by atoms with Crippen molar-refractivity contribution in [3.05, 3.63) is 29.3 Å². The molecule has 3 heteroatoms. The molecule has 0 spiro atoms. The molecule has 1 saturated heterocycles. The van der Waals surface area contributed by atoms with Crippen LogP contribution in [-0.4, -0.2) is 42.5 Å². The molecule has 1 aromatic rings. The van der Waals surface area contributed by atoms with E-state index in [2.05, 4.69) is 50.8 Å². The quantitative estimate of drug-likeness (QED) is 0.783. The summed E-state index contributed by atoms with van der Waals surface area (Å²) in [5.41, 5.74) is 2.78. The van der Waals surface area contributed by atoms with Gasteiger partial charge < -0.3 is 4.74 Å². The number of ether oxygens (including phenoxy) is 1. The van der Waals surface area contributed by atoms with Gasteiger partial charge in [-0.2, -0.15) is 0 Å². The second-order valence-corrected chi connectivity index (χ2v) is 7.15. The van der Waals surface area contributed by atoms with Crippen molar-refractivity contribution in [1.29, 1.82) is 0 Å². The summed E-state index contributed by atoms with van der Waals surface area (Å²) in [5, 5.41) is 0. The molecule has 1 aromatic carbocycles. The summed E-state index contributed by atoms with van der Waals surface area (Å²) in [7, 11) is 0. The van der Waals surface area contributed by atoms with Crippen molar-refractivity contribution in [2.75, 3.05) is 32.0 Å². The van der Waals surface area contributed by atoms with E-state index < -0.39 is 0 Å². The molecule has 1 aliphatic heterocycles. The molecule has 0 radical (unpaired) electrons. The van der Waals surface area contributed by atoms with Crippen molar-refractivity contribution in [3.8, 4) is 0 Å². The zero-order valence-corrected chi connectivity index (χ0v) is 13.3. The van der Waals surface area contributed by atoms with Crippen LogP contribution in [0.4, 0.5) is 0 Å². The maximum atomic E-state index is 5.74. The lowest BCUT2D eigenvalue weighted by atomic mass is 10.1. The SMILES string of the molecule is Cc1ccc(SCCN2CCOC(C)(C)C2)cc1C. The summed E-state index contributed by atoms with van der Waals surface area (Å²) in [4.78, 5) is 3.90. The van der Waals surface area contributed by atoms with Crippen LogP contribution in [0.1, 0.15) is 25.0 Å². The average Bonchev–Trinajstić information content (AvgIpc) is 2.32. The first-order valence-electron chi connectivity index (χ1n) is 7.03. The monoisotopic (exact) mass is 279 g/mol. The molecule has 0 aliphatic carbocycles. The number of morpholine rings is 1. The number of hydrogen-bond donors (Lipinski definition) is 0. The number of thioether (sulfide) groups is 1. The highest BCUT2D eigenvalue weighted by Gasteiger charge is 2.26. The highest BCUT2D eigenvalue weighted by atomic mass is 32.2. The molecule has 19 heavy (non-hydrogen) atoms. The van der Waals surface area contributed by atoms with Gasteiger partial charge in [-0.1, -0.05) is 6.07 Å². The molecular weight excluding hydrogens is 254 g/mol. The van der Waals surface area contributed by atoms with Gasteiger partial charge in [0, 0.05) is 30.3 Å². The molecule has 0 aromatic heterocycles. The predicted molar refractivity (Wildman–Crippen MR) is 83.1 cm³/mol. The summed E-state index contributed by atoms with van der Waals surface area (Å²) in [6, 6.07) is 6.75. The van der Waals surface area contributed by atoms with Gasteiger partial charge in [-0.05, 0) is 51.0 Å². The topological polar surface area (TPSA) is 12.5 Å². The molecule has 0 saturated carbocycles. The minimum atomic E-state index is 0.0172. The molecule has 0 N–H and O–H groups in total. The van der Waals surface area contributed by atoms with Crippen LogP contribution in [0.5, 0.6) is 0 Å². The fourth-order valence-electron chi connectivity index (χ4n) is 2.40. The second kappa shape index (κ2) is 6.29.